The van der Waals surface area contributed by atoms with Crippen molar-refractivity contribution in [3.63, 3.8) is 0 Å². The van der Waals surface area contributed by atoms with Gasteiger partial charge in [-0.1, -0.05) is 93.2 Å². The van der Waals surface area contributed by atoms with E-state index in [0.717, 1.165) is 11.0 Å². The molecule has 4 aromatic rings. The first-order valence-electron chi connectivity index (χ1n) is 17.6. The maximum atomic E-state index is 4.69. The molecule has 2 aliphatic carbocycles. The van der Waals surface area contributed by atoms with Crippen LogP contribution in [-0.2, 0) is 10.8 Å². The molecule has 0 N–H and O–H groups in total. The highest BCUT2D eigenvalue weighted by molar-refractivity contribution is 6.05. The van der Waals surface area contributed by atoms with Crippen LogP contribution in [0.4, 0.5) is 11.4 Å². The topological polar surface area (TPSA) is 32.0 Å². The molecule has 0 atom stereocenters. The van der Waals surface area contributed by atoms with Gasteiger partial charge in [0.05, 0.1) is 16.4 Å². The Labute approximate surface area is 279 Å². The molecular formula is C43H45N4+. The molecule has 2 saturated carbocycles. The Kier molecular flexibility index (Phi) is 7.75. The number of hydrogen-bond acceptors (Lipinski definition) is 3. The second-order valence-electron chi connectivity index (χ2n) is 14.0. The average molecular weight is 618 g/mol. The number of hydrogen-bond donors (Lipinski definition) is 0. The monoisotopic (exact) mass is 617 g/mol. The number of aromatic nitrogens is 2. The summed E-state index contributed by atoms with van der Waals surface area (Å²) in [7, 11) is 4.48. The van der Waals surface area contributed by atoms with Gasteiger partial charge in [0.1, 0.15) is 7.05 Å². The molecule has 0 bridgehead atoms. The summed E-state index contributed by atoms with van der Waals surface area (Å²) in [6.45, 7) is 0. The summed E-state index contributed by atoms with van der Waals surface area (Å²) >= 11 is 0. The van der Waals surface area contributed by atoms with E-state index in [1.807, 2.05) is 24.5 Å². The Morgan fingerprint density at radius 3 is 1.91 bits per heavy atom. The van der Waals surface area contributed by atoms with Crippen molar-refractivity contribution < 1.29 is 4.58 Å². The number of rotatable bonds is 5. The Balaban J connectivity index is 0.998. The molecule has 0 unspecified atom stereocenters. The summed E-state index contributed by atoms with van der Waals surface area (Å²) in [6, 6.07) is 17.8. The first kappa shape index (κ1) is 29.8. The van der Waals surface area contributed by atoms with E-state index in [9.17, 15) is 0 Å². The van der Waals surface area contributed by atoms with Gasteiger partial charge in [0.2, 0.25) is 5.69 Å². The SMILES string of the molecule is CN1C(=CC=CC=CC=CC=CC2=[N+](C)c3cc4cccnc4cc3C23CCCCC3)C2(CCCCC2)c2cc3ncccc3cc21. The molecule has 2 aliphatic heterocycles. The Hall–Kier alpha value is -4.57. The van der Waals surface area contributed by atoms with Crippen molar-refractivity contribution in [2.24, 2.45) is 0 Å². The van der Waals surface area contributed by atoms with Crippen LogP contribution in [0.2, 0.25) is 0 Å². The highest BCUT2D eigenvalue weighted by Crippen LogP contribution is 2.55. The molecule has 2 spiro atoms. The van der Waals surface area contributed by atoms with Gasteiger partial charge >= 0.3 is 0 Å². The maximum Gasteiger partial charge on any atom is 0.210 e. The molecule has 47 heavy (non-hydrogen) atoms. The van der Waals surface area contributed by atoms with Crippen LogP contribution < -0.4 is 4.90 Å². The van der Waals surface area contributed by atoms with E-state index in [1.165, 1.54) is 109 Å². The van der Waals surface area contributed by atoms with Gasteiger partial charge in [0.15, 0.2) is 5.71 Å². The van der Waals surface area contributed by atoms with Crippen molar-refractivity contribution >= 4 is 38.9 Å². The van der Waals surface area contributed by atoms with Crippen molar-refractivity contribution in [2.45, 2.75) is 75.0 Å². The molecule has 236 valence electrons. The van der Waals surface area contributed by atoms with E-state index < -0.39 is 0 Å². The van der Waals surface area contributed by atoms with Crippen molar-refractivity contribution in [1.82, 2.24) is 9.97 Å². The second kappa shape index (κ2) is 12.2. The van der Waals surface area contributed by atoms with Crippen LogP contribution in [-0.4, -0.2) is 34.4 Å². The Morgan fingerprint density at radius 1 is 0.660 bits per heavy atom. The fraction of sp³-hybridized carbons (Fsp3) is 0.326. The molecule has 4 nitrogen and oxygen atoms in total. The molecular weight excluding hydrogens is 573 g/mol. The van der Waals surface area contributed by atoms with Crippen molar-refractivity contribution in [3.05, 3.63) is 132 Å². The second-order valence-corrected chi connectivity index (χ2v) is 14.0. The lowest BCUT2D eigenvalue weighted by Gasteiger charge is -2.36. The van der Waals surface area contributed by atoms with Crippen LogP contribution in [0.15, 0.2) is 121 Å². The minimum Gasteiger partial charge on any atom is -0.347 e. The quantitative estimate of drug-likeness (QED) is 0.165. The lowest BCUT2D eigenvalue weighted by atomic mass is 9.67. The van der Waals surface area contributed by atoms with Crippen LogP contribution in [0.5, 0.6) is 0 Å². The van der Waals surface area contributed by atoms with E-state index in [-0.39, 0.29) is 10.8 Å². The molecule has 4 heteroatoms. The highest BCUT2D eigenvalue weighted by Gasteiger charge is 2.50. The van der Waals surface area contributed by atoms with Crippen LogP contribution in [0, 0.1) is 0 Å². The molecule has 2 aromatic carbocycles. The van der Waals surface area contributed by atoms with Gasteiger partial charge in [0.25, 0.3) is 0 Å². The maximum absolute atomic E-state index is 4.69. The Morgan fingerprint density at radius 2 is 1.23 bits per heavy atom. The van der Waals surface area contributed by atoms with E-state index >= 15 is 0 Å². The zero-order valence-electron chi connectivity index (χ0n) is 27.8. The smallest absolute Gasteiger partial charge is 0.210 e. The van der Waals surface area contributed by atoms with Crippen molar-refractivity contribution in [3.8, 4) is 0 Å². The number of pyridine rings is 2. The molecule has 2 aromatic heterocycles. The van der Waals surface area contributed by atoms with Gasteiger partial charge in [-0.25, -0.2) is 0 Å². The number of anilines is 1. The predicted molar refractivity (Wildman–Crippen MR) is 197 cm³/mol. The first-order chi connectivity index (χ1) is 23.1. The molecule has 0 amide bonds. The summed E-state index contributed by atoms with van der Waals surface area (Å²) in [5.74, 6) is 0. The summed E-state index contributed by atoms with van der Waals surface area (Å²) < 4.78 is 2.43. The van der Waals surface area contributed by atoms with Gasteiger partial charge < -0.3 is 4.90 Å². The van der Waals surface area contributed by atoms with E-state index in [1.54, 1.807) is 0 Å². The highest BCUT2D eigenvalue weighted by atomic mass is 15.2. The van der Waals surface area contributed by atoms with Gasteiger partial charge in [-0.05, 0) is 67.7 Å². The number of nitrogens with zero attached hydrogens (tertiary/aromatic N) is 4. The normalized spacial score (nSPS) is 21.3. The lowest BCUT2D eigenvalue weighted by molar-refractivity contribution is -0.401. The minimum atomic E-state index is 0.0937. The summed E-state index contributed by atoms with van der Waals surface area (Å²) in [5.41, 5.74) is 10.8. The summed E-state index contributed by atoms with van der Waals surface area (Å²) in [6.07, 6.45) is 36.3. The minimum absolute atomic E-state index is 0.0937. The number of benzene rings is 2. The zero-order valence-corrected chi connectivity index (χ0v) is 27.8. The van der Waals surface area contributed by atoms with Crippen molar-refractivity contribution in [2.75, 3.05) is 19.0 Å². The van der Waals surface area contributed by atoms with Crippen LogP contribution >= 0.6 is 0 Å². The van der Waals surface area contributed by atoms with Gasteiger partial charge in [0, 0.05) is 64.7 Å². The van der Waals surface area contributed by atoms with E-state index in [0.29, 0.717) is 0 Å². The lowest BCUT2D eigenvalue weighted by Crippen LogP contribution is -2.36. The zero-order chi connectivity index (χ0) is 31.8. The molecule has 0 radical (unpaired) electrons. The van der Waals surface area contributed by atoms with Gasteiger partial charge in [-0.15, -0.1) is 0 Å². The molecule has 0 saturated heterocycles. The third-order valence-corrected chi connectivity index (χ3v) is 11.5. The standard InChI is InChI=1S/C43H45N4/c1-46-38-28-32-18-16-26-44-36(32)30-34(38)42(22-12-8-13-23-42)40(46)20-10-6-4-3-5-7-11-21-41-43(24-14-9-15-25-43)35-31-37-33(19-17-27-45-37)29-39(35)47(41)2/h3-7,10-11,16-21,26-31H,8-9,12-15,22-25H2,1-2H3/q+1. The fourth-order valence-corrected chi connectivity index (χ4v) is 9.23. The third kappa shape index (κ3) is 5.01. The molecule has 8 rings (SSSR count). The van der Waals surface area contributed by atoms with Crippen molar-refractivity contribution in [1.29, 1.82) is 0 Å². The van der Waals surface area contributed by atoms with Crippen LogP contribution in [0.25, 0.3) is 21.8 Å². The predicted octanol–water partition coefficient (Wildman–Crippen LogP) is 10.2. The largest absolute Gasteiger partial charge is 0.347 e. The fourth-order valence-electron chi connectivity index (χ4n) is 9.23. The number of likely N-dealkylation sites (N-methyl/N-ethyl adjacent to an activating group) is 1. The van der Waals surface area contributed by atoms with E-state index in [2.05, 4.69) is 115 Å². The van der Waals surface area contributed by atoms with Crippen LogP contribution in [0.3, 0.4) is 0 Å². The van der Waals surface area contributed by atoms with E-state index in [4.69, 9.17) is 9.97 Å². The summed E-state index contributed by atoms with van der Waals surface area (Å²) in [4.78, 5) is 11.8. The average Bonchev–Trinajstić information content (AvgIpc) is 3.45. The molecule has 4 heterocycles. The molecule has 4 aliphatic rings. The third-order valence-electron chi connectivity index (χ3n) is 11.5. The summed E-state index contributed by atoms with van der Waals surface area (Å²) in [5, 5.41) is 2.43. The van der Waals surface area contributed by atoms with Gasteiger partial charge in [-0.3, -0.25) is 9.97 Å². The number of fused-ring (bicyclic) bond motifs is 6. The Bertz CT molecular complexity index is 2030. The van der Waals surface area contributed by atoms with Gasteiger partial charge in [-0.2, -0.15) is 4.58 Å². The number of allylic oxidation sites excluding steroid dienone is 10. The first-order valence-corrected chi connectivity index (χ1v) is 17.6. The molecule has 2 fully saturated rings. The van der Waals surface area contributed by atoms with Crippen LogP contribution in [0.1, 0.15) is 75.3 Å².